The molecular weight excluding hydrogens is 301 g/mol. The second kappa shape index (κ2) is 6.83. The fourth-order valence-corrected chi connectivity index (χ4v) is 2.87. The Labute approximate surface area is 125 Å². The summed E-state index contributed by atoms with van der Waals surface area (Å²) in [5.74, 6) is -1.01. The highest BCUT2D eigenvalue weighted by Gasteiger charge is 2.16. The lowest BCUT2D eigenvalue weighted by Crippen LogP contribution is -2.29. The molecule has 0 saturated heterocycles. The summed E-state index contributed by atoms with van der Waals surface area (Å²) < 4.78 is 19.4. The molecule has 2 aromatic rings. The summed E-state index contributed by atoms with van der Waals surface area (Å²) in [6, 6.07) is 9.46. The number of rotatable bonds is 5. The number of amides is 1. The smallest absolute Gasteiger partial charge is 0.254 e. The number of halogens is 2. The first-order valence-electron chi connectivity index (χ1n) is 5.92. The first-order valence-corrected chi connectivity index (χ1v) is 7.12. The van der Waals surface area contributed by atoms with Crippen LogP contribution in [0.25, 0.3) is 0 Å². The van der Waals surface area contributed by atoms with Gasteiger partial charge >= 0.3 is 0 Å². The minimum Gasteiger partial charge on any atom is -0.374 e. The van der Waals surface area contributed by atoms with Crippen molar-refractivity contribution >= 4 is 28.8 Å². The quantitative estimate of drug-likeness (QED) is 0.915. The lowest BCUT2D eigenvalue weighted by molar-refractivity contribution is 0.0834. The number of ether oxygens (including phenoxy) is 1. The Morgan fingerprint density at radius 3 is 2.75 bits per heavy atom. The van der Waals surface area contributed by atoms with Gasteiger partial charge < -0.3 is 10.1 Å². The predicted molar refractivity (Wildman–Crippen MR) is 77.8 cm³/mol. The number of thiophene rings is 1. The Morgan fingerprint density at radius 1 is 1.40 bits per heavy atom. The molecule has 1 amide bonds. The molecule has 6 heteroatoms. The van der Waals surface area contributed by atoms with Crippen LogP contribution in [0.15, 0.2) is 36.4 Å². The van der Waals surface area contributed by atoms with Crippen LogP contribution in [0.1, 0.15) is 21.3 Å². The molecule has 20 heavy (non-hydrogen) atoms. The first-order chi connectivity index (χ1) is 9.61. The normalized spacial score (nSPS) is 12.2. The van der Waals surface area contributed by atoms with Gasteiger partial charge in [0.1, 0.15) is 11.9 Å². The van der Waals surface area contributed by atoms with E-state index in [4.69, 9.17) is 16.3 Å². The SMILES string of the molecule is COC(CNC(=O)c1ccccc1F)c1ccc(Cl)s1. The highest BCUT2D eigenvalue weighted by atomic mass is 35.5. The molecule has 3 nitrogen and oxygen atoms in total. The van der Waals surface area contributed by atoms with Crippen molar-refractivity contribution in [2.75, 3.05) is 13.7 Å². The largest absolute Gasteiger partial charge is 0.374 e. The van der Waals surface area contributed by atoms with E-state index in [1.165, 1.54) is 29.5 Å². The molecule has 2 rings (SSSR count). The van der Waals surface area contributed by atoms with Crippen molar-refractivity contribution < 1.29 is 13.9 Å². The van der Waals surface area contributed by atoms with Crippen LogP contribution in [0.4, 0.5) is 4.39 Å². The zero-order valence-electron chi connectivity index (χ0n) is 10.7. The van der Waals surface area contributed by atoms with Gasteiger partial charge in [0, 0.05) is 18.5 Å². The third-order valence-corrected chi connectivity index (χ3v) is 4.09. The zero-order chi connectivity index (χ0) is 14.5. The molecule has 1 heterocycles. The van der Waals surface area contributed by atoms with Crippen molar-refractivity contribution in [3.63, 3.8) is 0 Å². The summed E-state index contributed by atoms with van der Waals surface area (Å²) in [6.45, 7) is 0.251. The summed E-state index contributed by atoms with van der Waals surface area (Å²) in [7, 11) is 1.55. The van der Waals surface area contributed by atoms with Gasteiger partial charge in [-0.05, 0) is 24.3 Å². The molecule has 0 fully saturated rings. The van der Waals surface area contributed by atoms with E-state index in [1.54, 1.807) is 19.2 Å². The van der Waals surface area contributed by atoms with Crippen LogP contribution in [-0.4, -0.2) is 19.6 Å². The van der Waals surface area contributed by atoms with Crippen LogP contribution < -0.4 is 5.32 Å². The summed E-state index contributed by atoms with van der Waals surface area (Å²) in [4.78, 5) is 12.8. The Hall–Kier alpha value is -1.43. The van der Waals surface area contributed by atoms with Gasteiger partial charge in [-0.2, -0.15) is 0 Å². The summed E-state index contributed by atoms with van der Waals surface area (Å²) >= 11 is 7.25. The summed E-state index contributed by atoms with van der Waals surface area (Å²) in [5.41, 5.74) is 0.0200. The molecule has 1 aromatic carbocycles. The molecule has 0 aliphatic rings. The number of hydrogen-bond acceptors (Lipinski definition) is 3. The first kappa shape index (κ1) is 15.0. The van der Waals surface area contributed by atoms with Crippen LogP contribution in [-0.2, 0) is 4.74 Å². The van der Waals surface area contributed by atoms with E-state index in [2.05, 4.69) is 5.32 Å². The molecule has 0 aliphatic carbocycles. The predicted octanol–water partition coefficient (Wildman–Crippen LogP) is 3.66. The highest BCUT2D eigenvalue weighted by Crippen LogP contribution is 2.28. The fraction of sp³-hybridized carbons (Fsp3) is 0.214. The molecule has 0 spiro atoms. The molecule has 0 aliphatic heterocycles. The van der Waals surface area contributed by atoms with Crippen molar-refractivity contribution in [3.8, 4) is 0 Å². The van der Waals surface area contributed by atoms with Gasteiger partial charge in [-0.1, -0.05) is 23.7 Å². The maximum absolute atomic E-state index is 13.5. The third-order valence-electron chi connectivity index (χ3n) is 2.76. The van der Waals surface area contributed by atoms with Crippen LogP contribution >= 0.6 is 22.9 Å². The van der Waals surface area contributed by atoms with Gasteiger partial charge in [-0.25, -0.2) is 4.39 Å². The molecule has 0 bridgehead atoms. The number of benzene rings is 1. The van der Waals surface area contributed by atoms with E-state index < -0.39 is 11.7 Å². The number of methoxy groups -OCH3 is 1. The lowest BCUT2D eigenvalue weighted by atomic mass is 10.2. The van der Waals surface area contributed by atoms with Crippen molar-refractivity contribution in [2.24, 2.45) is 0 Å². The number of nitrogens with one attached hydrogen (secondary N) is 1. The molecule has 1 aromatic heterocycles. The van der Waals surface area contributed by atoms with E-state index in [0.717, 1.165) is 4.88 Å². The zero-order valence-corrected chi connectivity index (χ0v) is 12.3. The lowest BCUT2D eigenvalue weighted by Gasteiger charge is -2.14. The van der Waals surface area contributed by atoms with E-state index in [0.29, 0.717) is 4.34 Å². The van der Waals surface area contributed by atoms with Crippen LogP contribution in [0.2, 0.25) is 4.34 Å². The molecule has 106 valence electrons. The van der Waals surface area contributed by atoms with Crippen molar-refractivity contribution in [3.05, 3.63) is 57.0 Å². The molecule has 1 atom stereocenters. The standard InChI is InChI=1S/C14H13ClFNO2S/c1-19-11(12-6-7-13(15)20-12)8-17-14(18)9-4-2-3-5-10(9)16/h2-7,11H,8H2,1H3,(H,17,18). The number of carbonyl (C=O) groups is 1. The maximum Gasteiger partial charge on any atom is 0.254 e. The fourth-order valence-electron chi connectivity index (χ4n) is 1.73. The van der Waals surface area contributed by atoms with Gasteiger partial charge in [0.05, 0.1) is 9.90 Å². The number of carbonyl (C=O) groups excluding carboxylic acids is 1. The van der Waals surface area contributed by atoms with Crippen LogP contribution in [0.5, 0.6) is 0 Å². The summed E-state index contributed by atoms with van der Waals surface area (Å²) in [6.07, 6.45) is -0.303. The molecule has 1 unspecified atom stereocenters. The van der Waals surface area contributed by atoms with E-state index in [1.807, 2.05) is 6.07 Å². The Kier molecular flexibility index (Phi) is 5.11. The van der Waals surface area contributed by atoms with Gasteiger partial charge in [-0.3, -0.25) is 4.79 Å². The Bertz CT molecular complexity index is 602. The minimum atomic E-state index is -0.543. The third kappa shape index (κ3) is 3.56. The average Bonchev–Trinajstić information content (AvgIpc) is 2.86. The van der Waals surface area contributed by atoms with E-state index in [9.17, 15) is 9.18 Å². The monoisotopic (exact) mass is 313 g/mol. The van der Waals surface area contributed by atoms with Crippen molar-refractivity contribution in [1.29, 1.82) is 0 Å². The number of hydrogen-bond donors (Lipinski definition) is 1. The van der Waals surface area contributed by atoms with Crippen LogP contribution in [0.3, 0.4) is 0 Å². The molecule has 0 radical (unpaired) electrons. The van der Waals surface area contributed by atoms with Crippen molar-refractivity contribution in [1.82, 2.24) is 5.32 Å². The average molecular weight is 314 g/mol. The molecule has 0 saturated carbocycles. The van der Waals surface area contributed by atoms with Crippen LogP contribution in [0, 0.1) is 5.82 Å². The topological polar surface area (TPSA) is 38.3 Å². The van der Waals surface area contributed by atoms with E-state index >= 15 is 0 Å². The van der Waals surface area contributed by atoms with E-state index in [-0.39, 0.29) is 18.2 Å². The van der Waals surface area contributed by atoms with Crippen molar-refractivity contribution in [2.45, 2.75) is 6.10 Å². The van der Waals surface area contributed by atoms with Gasteiger partial charge in [0.25, 0.3) is 5.91 Å². The van der Waals surface area contributed by atoms with Gasteiger partial charge in [0.2, 0.25) is 0 Å². The van der Waals surface area contributed by atoms with Gasteiger partial charge in [0.15, 0.2) is 0 Å². The Morgan fingerprint density at radius 2 is 2.15 bits per heavy atom. The summed E-state index contributed by atoms with van der Waals surface area (Å²) in [5, 5.41) is 2.66. The second-order valence-electron chi connectivity index (χ2n) is 4.06. The molecular formula is C14H13ClFNO2S. The second-order valence-corrected chi connectivity index (χ2v) is 5.80. The highest BCUT2D eigenvalue weighted by molar-refractivity contribution is 7.16. The molecule has 1 N–H and O–H groups in total. The minimum absolute atomic E-state index is 0.0200. The van der Waals surface area contributed by atoms with Gasteiger partial charge in [-0.15, -0.1) is 11.3 Å². The Balaban J connectivity index is 2.00. The maximum atomic E-state index is 13.5.